The van der Waals surface area contributed by atoms with Crippen LogP contribution in [0, 0.1) is 12.8 Å². The molecular formula is C15H16F3N3O2. The largest absolute Gasteiger partial charge is 0.508 e. The lowest BCUT2D eigenvalue weighted by Crippen LogP contribution is -2.25. The van der Waals surface area contributed by atoms with Gasteiger partial charge in [-0.3, -0.25) is 9.48 Å². The summed E-state index contributed by atoms with van der Waals surface area (Å²) in [5, 5.41) is 15.3. The number of aryl methyl sites for hydroxylation is 1. The van der Waals surface area contributed by atoms with Crippen LogP contribution >= 0.6 is 0 Å². The van der Waals surface area contributed by atoms with Gasteiger partial charge < -0.3 is 10.4 Å². The van der Waals surface area contributed by atoms with E-state index in [9.17, 15) is 23.1 Å². The molecule has 1 aromatic carbocycles. The van der Waals surface area contributed by atoms with Gasteiger partial charge in [0, 0.05) is 11.4 Å². The predicted molar refractivity (Wildman–Crippen MR) is 77.9 cm³/mol. The van der Waals surface area contributed by atoms with Crippen LogP contribution in [0.1, 0.15) is 18.3 Å². The van der Waals surface area contributed by atoms with E-state index < -0.39 is 17.8 Å². The normalized spacial score (nSPS) is 12.9. The lowest BCUT2D eigenvalue weighted by Gasteiger charge is -2.13. The molecule has 124 valence electrons. The smallest absolute Gasteiger partial charge is 0.435 e. The Morgan fingerprint density at radius 2 is 1.96 bits per heavy atom. The number of halogens is 3. The molecule has 1 atom stereocenters. The maximum Gasteiger partial charge on any atom is 0.435 e. The van der Waals surface area contributed by atoms with Gasteiger partial charge in [-0.2, -0.15) is 18.3 Å². The summed E-state index contributed by atoms with van der Waals surface area (Å²) in [4.78, 5) is 12.1. The number of anilines is 1. The topological polar surface area (TPSA) is 67.2 Å². The van der Waals surface area contributed by atoms with Gasteiger partial charge >= 0.3 is 6.18 Å². The van der Waals surface area contributed by atoms with Crippen molar-refractivity contribution in [3.63, 3.8) is 0 Å². The number of rotatable bonds is 4. The second-order valence-corrected chi connectivity index (χ2v) is 5.29. The zero-order valence-corrected chi connectivity index (χ0v) is 12.6. The van der Waals surface area contributed by atoms with Crippen molar-refractivity contribution in [2.24, 2.45) is 5.92 Å². The fourth-order valence-electron chi connectivity index (χ4n) is 1.99. The lowest BCUT2D eigenvalue weighted by atomic mass is 10.1. The van der Waals surface area contributed by atoms with Crippen molar-refractivity contribution in [3.8, 4) is 5.75 Å². The highest BCUT2D eigenvalue weighted by molar-refractivity contribution is 5.92. The minimum absolute atomic E-state index is 0.0336. The van der Waals surface area contributed by atoms with E-state index in [1.165, 1.54) is 35.9 Å². The molecule has 0 saturated carbocycles. The molecule has 1 amide bonds. The van der Waals surface area contributed by atoms with E-state index in [4.69, 9.17) is 0 Å². The van der Waals surface area contributed by atoms with Gasteiger partial charge in [-0.1, -0.05) is 6.92 Å². The maximum absolute atomic E-state index is 12.6. The zero-order chi connectivity index (χ0) is 17.2. The van der Waals surface area contributed by atoms with Crippen molar-refractivity contribution in [2.45, 2.75) is 26.6 Å². The number of carbonyl (C=O) groups is 1. The Morgan fingerprint density at radius 3 is 2.48 bits per heavy atom. The number of nitrogens with zero attached hydrogens (tertiary/aromatic N) is 2. The molecule has 2 aromatic rings. The number of aromatic hydroxyl groups is 1. The van der Waals surface area contributed by atoms with Gasteiger partial charge in [0.05, 0.1) is 12.5 Å². The summed E-state index contributed by atoms with van der Waals surface area (Å²) in [6.07, 6.45) is -4.51. The molecular weight excluding hydrogens is 311 g/mol. The van der Waals surface area contributed by atoms with Crippen LogP contribution in [-0.2, 0) is 17.5 Å². The molecule has 1 aromatic heterocycles. The van der Waals surface area contributed by atoms with Gasteiger partial charge in [0.25, 0.3) is 0 Å². The van der Waals surface area contributed by atoms with E-state index in [-0.39, 0.29) is 18.2 Å². The molecule has 1 heterocycles. The molecule has 23 heavy (non-hydrogen) atoms. The molecule has 0 spiro atoms. The summed E-state index contributed by atoms with van der Waals surface area (Å²) < 4.78 is 39.0. The lowest BCUT2D eigenvalue weighted by molar-refractivity contribution is -0.141. The van der Waals surface area contributed by atoms with Gasteiger partial charge in [-0.05, 0) is 37.3 Å². The van der Waals surface area contributed by atoms with E-state index in [0.29, 0.717) is 11.4 Å². The van der Waals surface area contributed by atoms with Crippen LogP contribution in [0.15, 0.2) is 30.3 Å². The molecule has 0 radical (unpaired) electrons. The summed E-state index contributed by atoms with van der Waals surface area (Å²) in [6, 6.07) is 6.85. The second-order valence-electron chi connectivity index (χ2n) is 5.29. The number of amides is 1. The van der Waals surface area contributed by atoms with Gasteiger partial charge in [-0.15, -0.1) is 0 Å². The van der Waals surface area contributed by atoms with Gasteiger partial charge in [0.1, 0.15) is 5.75 Å². The molecule has 1 unspecified atom stereocenters. The van der Waals surface area contributed by atoms with Gasteiger partial charge in [0.15, 0.2) is 5.69 Å². The van der Waals surface area contributed by atoms with Crippen LogP contribution in [0.5, 0.6) is 5.75 Å². The minimum atomic E-state index is -4.51. The number of aromatic nitrogens is 2. The molecule has 0 fully saturated rings. The fourth-order valence-corrected chi connectivity index (χ4v) is 1.99. The summed E-state index contributed by atoms with van der Waals surface area (Å²) in [5.74, 6) is -0.856. The standard InChI is InChI=1S/C15H16F3N3O2/c1-9(14(23)19-11-3-5-12(22)6-4-11)8-21-10(2)7-13(20-21)15(16,17)18/h3-7,9,22H,8H2,1-2H3,(H,19,23). The van der Waals surface area contributed by atoms with Crippen LogP contribution in [0.25, 0.3) is 0 Å². The zero-order valence-electron chi connectivity index (χ0n) is 12.6. The van der Waals surface area contributed by atoms with Crippen LogP contribution in [0.3, 0.4) is 0 Å². The Morgan fingerprint density at radius 1 is 1.35 bits per heavy atom. The summed E-state index contributed by atoms with van der Waals surface area (Å²) in [5.41, 5.74) is -0.143. The number of phenolic OH excluding ortho intramolecular Hbond substituents is 1. The van der Waals surface area contributed by atoms with E-state index in [0.717, 1.165) is 6.07 Å². The number of carbonyl (C=O) groups excluding carboxylic acids is 1. The summed E-state index contributed by atoms with van der Waals surface area (Å²) >= 11 is 0. The van der Waals surface area contributed by atoms with Crippen LogP contribution in [0.2, 0.25) is 0 Å². The molecule has 8 heteroatoms. The Kier molecular flexibility index (Phi) is 4.63. The van der Waals surface area contributed by atoms with Crippen molar-refractivity contribution in [3.05, 3.63) is 41.7 Å². The molecule has 5 nitrogen and oxygen atoms in total. The first kappa shape index (κ1) is 16.9. The van der Waals surface area contributed by atoms with E-state index in [2.05, 4.69) is 10.4 Å². The molecule has 0 bridgehead atoms. The molecule has 0 saturated heterocycles. The highest BCUT2D eigenvalue weighted by atomic mass is 19.4. The number of alkyl halides is 3. The third kappa shape index (κ3) is 4.24. The van der Waals surface area contributed by atoms with E-state index in [1.807, 2.05) is 0 Å². The highest BCUT2D eigenvalue weighted by Gasteiger charge is 2.34. The SMILES string of the molecule is Cc1cc(C(F)(F)F)nn1CC(C)C(=O)Nc1ccc(O)cc1. The maximum atomic E-state index is 12.6. The molecule has 0 aliphatic heterocycles. The summed E-state index contributed by atoms with van der Waals surface area (Å²) in [7, 11) is 0. The molecule has 2 N–H and O–H groups in total. The van der Waals surface area contributed by atoms with Crippen LogP contribution in [-0.4, -0.2) is 20.8 Å². The quantitative estimate of drug-likeness (QED) is 0.848. The minimum Gasteiger partial charge on any atom is -0.508 e. The monoisotopic (exact) mass is 327 g/mol. The van der Waals surface area contributed by atoms with Gasteiger partial charge in [-0.25, -0.2) is 0 Å². The number of benzene rings is 1. The van der Waals surface area contributed by atoms with Crippen molar-refractivity contribution in [2.75, 3.05) is 5.32 Å². The average molecular weight is 327 g/mol. The predicted octanol–water partition coefficient (Wildman–Crippen LogP) is 3.19. The third-order valence-electron chi connectivity index (χ3n) is 3.30. The number of phenols is 1. The first-order chi connectivity index (χ1) is 10.7. The molecule has 2 rings (SSSR count). The van der Waals surface area contributed by atoms with E-state index in [1.54, 1.807) is 6.92 Å². The Hall–Kier alpha value is -2.51. The number of nitrogens with one attached hydrogen (secondary N) is 1. The Balaban J connectivity index is 2.03. The molecule has 0 aliphatic rings. The van der Waals surface area contributed by atoms with Crippen LogP contribution in [0.4, 0.5) is 18.9 Å². The number of hydrogen-bond donors (Lipinski definition) is 2. The van der Waals surface area contributed by atoms with Crippen molar-refractivity contribution in [1.29, 1.82) is 0 Å². The first-order valence-corrected chi connectivity index (χ1v) is 6.88. The summed E-state index contributed by atoms with van der Waals surface area (Å²) in [6.45, 7) is 3.14. The van der Waals surface area contributed by atoms with Crippen LogP contribution < -0.4 is 5.32 Å². The van der Waals surface area contributed by atoms with Crippen molar-refractivity contribution in [1.82, 2.24) is 9.78 Å². The average Bonchev–Trinajstić information content (AvgIpc) is 2.82. The van der Waals surface area contributed by atoms with Gasteiger partial charge in [0.2, 0.25) is 5.91 Å². The Bertz CT molecular complexity index is 693. The van der Waals surface area contributed by atoms with Crippen molar-refractivity contribution >= 4 is 11.6 Å². The Labute approximate surface area is 130 Å². The van der Waals surface area contributed by atoms with Crippen molar-refractivity contribution < 1.29 is 23.1 Å². The fraction of sp³-hybridized carbons (Fsp3) is 0.333. The number of hydrogen-bond acceptors (Lipinski definition) is 3. The second kappa shape index (κ2) is 6.31. The third-order valence-corrected chi connectivity index (χ3v) is 3.30. The molecule has 0 aliphatic carbocycles. The first-order valence-electron chi connectivity index (χ1n) is 6.88. The van der Waals surface area contributed by atoms with E-state index >= 15 is 0 Å². The highest BCUT2D eigenvalue weighted by Crippen LogP contribution is 2.28.